The van der Waals surface area contributed by atoms with Gasteiger partial charge in [-0.15, -0.1) is 10.2 Å². The maximum absolute atomic E-state index is 12.0. The van der Waals surface area contributed by atoms with Crippen molar-refractivity contribution in [3.8, 4) is 11.1 Å². The van der Waals surface area contributed by atoms with Gasteiger partial charge in [-0.1, -0.05) is 18.2 Å². The molecule has 2 aliphatic rings. The number of hydrogen-bond acceptors (Lipinski definition) is 4. The van der Waals surface area contributed by atoms with Crippen molar-refractivity contribution in [2.24, 2.45) is 0 Å². The first kappa shape index (κ1) is 13.3. The van der Waals surface area contributed by atoms with Crippen LogP contribution in [0.2, 0.25) is 0 Å². The van der Waals surface area contributed by atoms with E-state index in [1.807, 2.05) is 18.2 Å². The van der Waals surface area contributed by atoms with Crippen LogP contribution in [0.1, 0.15) is 0 Å². The molecule has 1 aliphatic carbocycles. The molecule has 7 heteroatoms. The first-order valence-corrected chi connectivity index (χ1v) is 7.86. The topological polar surface area (TPSA) is 63.2 Å². The average molecular weight is 283 g/mol. The lowest BCUT2D eigenvalue weighted by atomic mass is 10.2. The van der Waals surface area contributed by atoms with E-state index in [2.05, 4.69) is 10.2 Å². The summed E-state index contributed by atoms with van der Waals surface area (Å²) >= 11 is 0. The summed E-state index contributed by atoms with van der Waals surface area (Å²) in [5.74, 6) is 0. The molecular formula is C11H13N3O2S2. The van der Waals surface area contributed by atoms with Gasteiger partial charge in [0.15, 0.2) is 10.1 Å². The minimum atomic E-state index is -1.37. The van der Waals surface area contributed by atoms with E-state index in [1.54, 1.807) is 30.7 Å². The molecule has 0 amide bonds. The van der Waals surface area contributed by atoms with E-state index in [-0.39, 0.29) is 0 Å². The summed E-state index contributed by atoms with van der Waals surface area (Å²) in [5, 5.41) is 8.69. The molecule has 0 aromatic heterocycles. The third-order valence-electron chi connectivity index (χ3n) is 2.38. The van der Waals surface area contributed by atoms with Gasteiger partial charge in [0.05, 0.1) is 10.8 Å². The Morgan fingerprint density at radius 3 is 2.50 bits per heavy atom. The van der Waals surface area contributed by atoms with Crippen molar-refractivity contribution in [3.05, 3.63) is 24.3 Å². The van der Waals surface area contributed by atoms with E-state index >= 15 is 0 Å². The van der Waals surface area contributed by atoms with Crippen LogP contribution < -0.4 is 0 Å². The SMILES string of the molecule is CN(C)S(=O)c1cc2cccc-2c(S(C)=O)nn1. The lowest BCUT2D eigenvalue weighted by Gasteiger charge is -2.05. The maximum Gasteiger partial charge on any atom is 0.166 e. The quantitative estimate of drug-likeness (QED) is 0.839. The molecule has 96 valence electrons. The predicted octanol–water partition coefficient (Wildman–Crippen LogP) is 0.903. The molecule has 5 nitrogen and oxygen atoms in total. The van der Waals surface area contributed by atoms with Crippen molar-refractivity contribution in [2.45, 2.75) is 10.1 Å². The summed E-state index contributed by atoms with van der Waals surface area (Å²) in [6.45, 7) is 0. The number of hydrogen-bond donors (Lipinski definition) is 0. The molecule has 0 fully saturated rings. The van der Waals surface area contributed by atoms with Crippen LogP contribution in [0.25, 0.3) is 11.1 Å². The second kappa shape index (κ2) is 5.21. The third-order valence-corrected chi connectivity index (χ3v) is 4.45. The first-order valence-electron chi connectivity index (χ1n) is 5.20. The molecule has 2 atom stereocenters. The highest BCUT2D eigenvalue weighted by Gasteiger charge is 2.16. The van der Waals surface area contributed by atoms with Gasteiger partial charge in [0.2, 0.25) is 0 Å². The van der Waals surface area contributed by atoms with Crippen LogP contribution in [-0.2, 0) is 21.8 Å². The Bertz CT molecular complexity index is 601. The van der Waals surface area contributed by atoms with Gasteiger partial charge >= 0.3 is 0 Å². The number of aromatic nitrogens is 2. The van der Waals surface area contributed by atoms with Gasteiger partial charge < -0.3 is 0 Å². The molecule has 2 rings (SSSR count). The van der Waals surface area contributed by atoms with Crippen molar-refractivity contribution < 1.29 is 8.42 Å². The second-order valence-electron chi connectivity index (χ2n) is 3.90. The summed E-state index contributed by atoms with van der Waals surface area (Å²) in [5.41, 5.74) is 1.63. The minimum absolute atomic E-state index is 0.355. The minimum Gasteiger partial charge on any atom is -0.253 e. The Kier molecular flexibility index (Phi) is 3.84. The van der Waals surface area contributed by atoms with Crippen LogP contribution in [0.5, 0.6) is 0 Å². The van der Waals surface area contributed by atoms with Gasteiger partial charge in [-0.2, -0.15) is 0 Å². The van der Waals surface area contributed by atoms with Gasteiger partial charge in [-0.3, -0.25) is 4.21 Å². The smallest absolute Gasteiger partial charge is 0.166 e. The molecular weight excluding hydrogens is 270 g/mol. The summed E-state index contributed by atoms with van der Waals surface area (Å²) in [7, 11) is 0.802. The Hall–Kier alpha value is -1.18. The highest BCUT2D eigenvalue weighted by Crippen LogP contribution is 2.27. The molecule has 0 bridgehead atoms. The summed E-state index contributed by atoms with van der Waals surface area (Å²) in [6.07, 6.45) is 1.55. The van der Waals surface area contributed by atoms with Crippen LogP contribution in [0.4, 0.5) is 0 Å². The molecule has 0 aromatic carbocycles. The number of rotatable bonds is 3. The monoisotopic (exact) mass is 283 g/mol. The zero-order valence-corrected chi connectivity index (χ0v) is 11.9. The van der Waals surface area contributed by atoms with Crippen LogP contribution in [0.3, 0.4) is 0 Å². The van der Waals surface area contributed by atoms with Crippen LogP contribution in [-0.4, -0.2) is 43.3 Å². The average Bonchev–Trinajstić information content (AvgIpc) is 2.67. The Morgan fingerprint density at radius 2 is 1.89 bits per heavy atom. The van der Waals surface area contributed by atoms with E-state index in [1.165, 1.54) is 0 Å². The largest absolute Gasteiger partial charge is 0.253 e. The maximum atomic E-state index is 12.0. The molecule has 0 aromatic rings. The Morgan fingerprint density at radius 1 is 1.17 bits per heavy atom. The molecule has 0 saturated heterocycles. The van der Waals surface area contributed by atoms with Crippen molar-refractivity contribution in [1.82, 2.24) is 14.5 Å². The van der Waals surface area contributed by atoms with E-state index in [4.69, 9.17) is 0 Å². The van der Waals surface area contributed by atoms with Crippen LogP contribution >= 0.6 is 0 Å². The van der Waals surface area contributed by atoms with Gasteiger partial charge in [0.25, 0.3) is 0 Å². The molecule has 0 N–H and O–H groups in total. The molecule has 2 unspecified atom stereocenters. The highest BCUT2D eigenvalue weighted by molar-refractivity contribution is 7.84. The third kappa shape index (κ3) is 2.47. The van der Waals surface area contributed by atoms with Gasteiger partial charge in [0.1, 0.15) is 11.0 Å². The Balaban J connectivity index is 2.64. The fraction of sp³-hybridized carbons (Fsp3) is 0.273. The fourth-order valence-corrected chi connectivity index (χ4v) is 2.91. The van der Waals surface area contributed by atoms with Crippen molar-refractivity contribution in [1.29, 1.82) is 0 Å². The lowest BCUT2D eigenvalue weighted by molar-refractivity contribution is 0.596. The zero-order valence-electron chi connectivity index (χ0n) is 10.3. The first-order chi connectivity index (χ1) is 8.50. The zero-order chi connectivity index (χ0) is 13.3. The molecule has 18 heavy (non-hydrogen) atoms. The normalized spacial score (nSPS) is 14.9. The predicted molar refractivity (Wildman–Crippen MR) is 71.1 cm³/mol. The highest BCUT2D eigenvalue weighted by atomic mass is 32.2. The van der Waals surface area contributed by atoms with Crippen LogP contribution in [0, 0.1) is 0 Å². The molecule has 0 saturated carbocycles. The lowest BCUT2D eigenvalue weighted by Crippen LogP contribution is -2.16. The van der Waals surface area contributed by atoms with Gasteiger partial charge in [0, 0.05) is 11.8 Å². The van der Waals surface area contributed by atoms with E-state index in [0.717, 1.165) is 11.1 Å². The van der Waals surface area contributed by atoms with Crippen molar-refractivity contribution >= 4 is 21.8 Å². The fourth-order valence-electron chi connectivity index (χ4n) is 1.55. The Labute approximate surface area is 111 Å². The van der Waals surface area contributed by atoms with Gasteiger partial charge in [-0.25, -0.2) is 8.51 Å². The summed E-state index contributed by atoms with van der Waals surface area (Å²) in [4.78, 5) is 0. The number of fused-ring (bicyclic) bond motifs is 1. The molecule has 1 heterocycles. The standard InChI is InChI=1S/C11H13N3O2S2/c1-14(2)18(16)10-7-8-5-4-6-9(8)11(13-12-10)17(3)15/h4-7H,1-3H3. The van der Waals surface area contributed by atoms with E-state index < -0.39 is 21.8 Å². The molecule has 0 spiro atoms. The summed E-state index contributed by atoms with van der Waals surface area (Å²) < 4.78 is 25.2. The van der Waals surface area contributed by atoms with Crippen molar-refractivity contribution in [2.75, 3.05) is 20.4 Å². The van der Waals surface area contributed by atoms with E-state index in [0.29, 0.717) is 10.1 Å². The van der Waals surface area contributed by atoms with Gasteiger partial charge in [-0.05, 0) is 25.7 Å². The number of nitrogens with zero attached hydrogens (tertiary/aromatic N) is 3. The van der Waals surface area contributed by atoms with Crippen LogP contribution in [0.15, 0.2) is 34.3 Å². The summed E-state index contributed by atoms with van der Waals surface area (Å²) in [6, 6.07) is 7.27. The molecule has 0 radical (unpaired) electrons. The van der Waals surface area contributed by atoms with E-state index in [9.17, 15) is 8.42 Å². The van der Waals surface area contributed by atoms with Crippen molar-refractivity contribution in [3.63, 3.8) is 0 Å². The second-order valence-corrected chi connectivity index (χ2v) is 6.84. The molecule has 1 aliphatic heterocycles.